The van der Waals surface area contributed by atoms with Crippen LogP contribution in [0.25, 0.3) is 22.0 Å². The third-order valence-corrected chi connectivity index (χ3v) is 17.8. The molecule has 8 aliphatic rings. The van der Waals surface area contributed by atoms with Crippen molar-refractivity contribution in [3.8, 4) is 16.9 Å². The fourth-order valence-electron chi connectivity index (χ4n) is 15.2. The number of rotatable bonds is 10. The molecule has 2 N–H and O–H groups in total. The van der Waals surface area contributed by atoms with Crippen molar-refractivity contribution in [3.63, 3.8) is 0 Å². The fraction of sp³-hybridized carbons (Fsp3) is 0.547. The molecule has 3 aromatic rings. The van der Waals surface area contributed by atoms with Gasteiger partial charge in [0.15, 0.2) is 6.10 Å². The molecule has 2 bridgehead atoms. The van der Waals surface area contributed by atoms with Crippen molar-refractivity contribution in [3.05, 3.63) is 89.3 Å². The number of carbonyl (C=O) groups is 4. The third-order valence-electron chi connectivity index (χ3n) is 17.8. The van der Waals surface area contributed by atoms with E-state index in [1.54, 1.807) is 14.2 Å². The minimum absolute atomic E-state index is 0.142. The van der Waals surface area contributed by atoms with E-state index in [1.165, 1.54) is 26.0 Å². The van der Waals surface area contributed by atoms with E-state index in [2.05, 4.69) is 51.2 Å². The largest absolute Gasteiger partial charge is 0.497 e. The Kier molecular flexibility index (Phi) is 10.4. The van der Waals surface area contributed by atoms with Gasteiger partial charge in [-0.15, -0.1) is 0 Å². The summed E-state index contributed by atoms with van der Waals surface area (Å²) in [6, 6.07) is 13.9. The van der Waals surface area contributed by atoms with Crippen LogP contribution < -0.4 is 4.74 Å². The number of allylic oxidation sites excluding steroid dienone is 1. The topological polar surface area (TPSA) is 173 Å². The summed E-state index contributed by atoms with van der Waals surface area (Å²) < 4.78 is 37.0. The normalized spacial score (nSPS) is 38.5. The Balaban J connectivity index is 1.18. The molecule has 15 nitrogen and oxygen atoms in total. The number of fused-ring (bicyclic) bond motifs is 6. The van der Waals surface area contributed by atoms with Gasteiger partial charge < -0.3 is 38.5 Å². The molecule has 1 saturated carbocycles. The highest BCUT2D eigenvalue weighted by atomic mass is 16.7. The molecule has 7 heterocycles. The lowest BCUT2D eigenvalue weighted by Gasteiger charge is -2.58. The summed E-state index contributed by atoms with van der Waals surface area (Å²) in [6.07, 6.45) is 9.89. The maximum absolute atomic E-state index is 15.7. The van der Waals surface area contributed by atoms with Crippen molar-refractivity contribution in [2.24, 2.45) is 22.7 Å². The molecule has 6 aliphatic heterocycles. The van der Waals surface area contributed by atoms with Gasteiger partial charge in [-0.1, -0.05) is 50.3 Å². The van der Waals surface area contributed by atoms with Crippen LogP contribution in [-0.2, 0) is 54.7 Å². The third kappa shape index (κ3) is 5.59. The van der Waals surface area contributed by atoms with Gasteiger partial charge >= 0.3 is 17.9 Å². The van der Waals surface area contributed by atoms with Gasteiger partial charge in [-0.3, -0.25) is 29.1 Å². The SMILES string of the molecule is CC[C@]1(O)C[C@H]2CN(CCc3c([nH]c4ccc(-c5ccc(OC)cc5)cc34)[C@@](C(=O)OC)(C3C=C4C(=CC3OC)N(C=O)[C@@]35O[C@]3(C(=O)OC)[C@H](OC(C)=O)[C@]3(CC)C=CCN6CC[C@]45[C@@H]63)C2)C1. The van der Waals surface area contributed by atoms with Crippen molar-refractivity contribution in [2.45, 2.75) is 99.9 Å². The second-order valence-electron chi connectivity index (χ2n) is 20.6. The monoisotopic (exact) mass is 930 g/mol. The maximum atomic E-state index is 15.7. The lowest BCUT2D eigenvalue weighted by molar-refractivity contribution is -0.183. The summed E-state index contributed by atoms with van der Waals surface area (Å²) in [4.78, 5) is 67.7. The first-order valence-corrected chi connectivity index (χ1v) is 24.2. The number of methoxy groups -OCH3 is 4. The average molecular weight is 931 g/mol. The second-order valence-corrected chi connectivity index (χ2v) is 20.6. The molecule has 11 rings (SSSR count). The lowest BCUT2D eigenvalue weighted by Crippen LogP contribution is -2.74. The van der Waals surface area contributed by atoms with E-state index in [-0.39, 0.29) is 5.92 Å². The van der Waals surface area contributed by atoms with E-state index >= 15 is 4.79 Å². The number of aliphatic hydroxyl groups is 1. The number of epoxide rings is 1. The summed E-state index contributed by atoms with van der Waals surface area (Å²) in [5.74, 6) is -1.88. The molecule has 3 unspecified atom stereocenters. The van der Waals surface area contributed by atoms with Gasteiger partial charge in [-0.2, -0.15) is 0 Å². The van der Waals surface area contributed by atoms with E-state index in [9.17, 15) is 19.5 Å². The Morgan fingerprint density at radius 3 is 2.40 bits per heavy atom. The molecule has 2 aromatic carbocycles. The first kappa shape index (κ1) is 45.1. The van der Waals surface area contributed by atoms with Gasteiger partial charge in [-0.05, 0) is 104 Å². The predicted octanol–water partition coefficient (Wildman–Crippen LogP) is 5.20. The quantitative estimate of drug-likeness (QED) is 0.0895. The minimum Gasteiger partial charge on any atom is -0.497 e. The van der Waals surface area contributed by atoms with E-state index < -0.39 is 75.2 Å². The number of aromatic amines is 1. The van der Waals surface area contributed by atoms with Crippen LogP contribution in [0.2, 0.25) is 0 Å². The summed E-state index contributed by atoms with van der Waals surface area (Å²) in [6.45, 7) is 8.42. The summed E-state index contributed by atoms with van der Waals surface area (Å²) >= 11 is 0. The number of ether oxygens (including phenoxy) is 6. The molecule has 2 spiro atoms. The van der Waals surface area contributed by atoms with Crippen molar-refractivity contribution >= 4 is 35.2 Å². The number of amides is 1. The Bertz CT molecular complexity index is 2710. The number of nitrogens with zero attached hydrogens (tertiary/aromatic N) is 3. The summed E-state index contributed by atoms with van der Waals surface area (Å²) in [7, 11) is 5.98. The molecular formula is C53H62N4O11. The van der Waals surface area contributed by atoms with Crippen molar-refractivity contribution in [1.82, 2.24) is 19.7 Å². The van der Waals surface area contributed by atoms with Crippen LogP contribution in [0.3, 0.4) is 0 Å². The number of H-pyrrole nitrogens is 1. The number of likely N-dealkylation sites (tertiary alicyclic amines) is 1. The molecule has 360 valence electrons. The molecule has 0 radical (unpaired) electrons. The molecule has 2 aliphatic carbocycles. The smallest absolute Gasteiger partial charge is 0.347 e. The summed E-state index contributed by atoms with van der Waals surface area (Å²) in [5.41, 5.74) is -2.07. The molecule has 1 amide bonds. The van der Waals surface area contributed by atoms with Crippen molar-refractivity contribution < 1.29 is 52.7 Å². The molecule has 15 heteroatoms. The molecule has 5 fully saturated rings. The van der Waals surface area contributed by atoms with Crippen LogP contribution in [0.5, 0.6) is 5.75 Å². The van der Waals surface area contributed by atoms with Gasteiger partial charge in [-0.25, -0.2) is 4.79 Å². The zero-order valence-electron chi connectivity index (χ0n) is 40.0. The zero-order valence-corrected chi connectivity index (χ0v) is 40.0. The van der Waals surface area contributed by atoms with Crippen LogP contribution in [-0.4, -0.2) is 145 Å². The highest BCUT2D eigenvalue weighted by Crippen LogP contribution is 2.82. The van der Waals surface area contributed by atoms with E-state index in [0.717, 1.165) is 44.6 Å². The predicted molar refractivity (Wildman–Crippen MR) is 249 cm³/mol. The van der Waals surface area contributed by atoms with Crippen LogP contribution in [0.4, 0.5) is 0 Å². The van der Waals surface area contributed by atoms with Gasteiger partial charge in [0.1, 0.15) is 11.2 Å². The number of benzene rings is 2. The van der Waals surface area contributed by atoms with E-state index in [4.69, 9.17) is 28.4 Å². The number of hydrogen-bond donors (Lipinski definition) is 2. The maximum Gasteiger partial charge on any atom is 0.347 e. The number of aromatic nitrogens is 1. The Hall–Kier alpha value is -5.32. The van der Waals surface area contributed by atoms with E-state index in [1.807, 2.05) is 44.2 Å². The molecular weight excluding hydrogens is 869 g/mol. The van der Waals surface area contributed by atoms with Crippen molar-refractivity contribution in [2.75, 3.05) is 61.2 Å². The highest BCUT2D eigenvalue weighted by molar-refractivity contribution is 5.94. The number of hydrogen-bond acceptors (Lipinski definition) is 13. The number of nitrogens with one attached hydrogen (secondary N) is 1. The van der Waals surface area contributed by atoms with Gasteiger partial charge in [0, 0.05) is 79.9 Å². The molecule has 12 atom stereocenters. The summed E-state index contributed by atoms with van der Waals surface area (Å²) in [5, 5.41) is 13.2. The van der Waals surface area contributed by atoms with Gasteiger partial charge in [0.2, 0.25) is 12.1 Å². The van der Waals surface area contributed by atoms with Crippen LogP contribution in [0, 0.1) is 22.7 Å². The number of esters is 3. The fourth-order valence-corrected chi connectivity index (χ4v) is 15.2. The van der Waals surface area contributed by atoms with Crippen LogP contribution in [0.15, 0.2) is 78.0 Å². The lowest BCUT2D eigenvalue weighted by atomic mass is 9.48. The highest BCUT2D eigenvalue weighted by Gasteiger charge is 3.00. The van der Waals surface area contributed by atoms with Gasteiger partial charge in [0.05, 0.1) is 38.4 Å². The molecule has 1 aromatic heterocycles. The first-order valence-electron chi connectivity index (χ1n) is 24.2. The average Bonchev–Trinajstić information content (AvgIpc) is 3.57. The molecule has 4 saturated heterocycles. The Morgan fingerprint density at radius 1 is 0.956 bits per heavy atom. The Labute approximate surface area is 396 Å². The minimum atomic E-state index is -1.89. The van der Waals surface area contributed by atoms with Crippen LogP contribution in [0.1, 0.15) is 64.1 Å². The number of carbonyl (C=O) groups excluding carboxylic acids is 4. The van der Waals surface area contributed by atoms with E-state index in [0.29, 0.717) is 83.4 Å². The molecule has 68 heavy (non-hydrogen) atoms. The Morgan fingerprint density at radius 2 is 1.72 bits per heavy atom. The van der Waals surface area contributed by atoms with Crippen molar-refractivity contribution in [1.29, 1.82) is 0 Å². The standard InChI is InChI=1S/C53H62N4O11/c1-8-48(62)26-32-27-50(46(60)65-6,43-36(17-21-55(28-32)29-48)37-23-34(13-16-40(37)54-43)33-11-14-35(63-4)15-12-33)39-24-38-41(25-42(39)64-5)57(30-58)53-51(38)19-22-56-20-10-18-49(9-2,44(51)56)45(67-31(3)59)52(53,68-53)47(61)66-7/h10-16,18,23-25,30,32,39,42,44-45,54,62H,8-9,17,19-22,26-29H2,1-7H3/t32-,39?,42?,44+,45-,48+,49-,50+,51-,52+,53+/m1/s1. The van der Waals surface area contributed by atoms with Crippen LogP contribution >= 0.6 is 0 Å². The first-order chi connectivity index (χ1) is 32.7. The van der Waals surface area contributed by atoms with Gasteiger partial charge in [0.25, 0.3) is 5.60 Å². The second kappa shape index (κ2) is 15.6. The zero-order chi connectivity index (χ0) is 47.8. The number of piperidine rings is 1.